The molecule has 0 aliphatic heterocycles. The monoisotopic (exact) mass is 288 g/mol. The first kappa shape index (κ1) is 13.8. The van der Waals surface area contributed by atoms with Crippen LogP contribution in [0.5, 0.6) is 11.5 Å². The lowest BCUT2D eigenvalue weighted by molar-refractivity contribution is 0.0995. The molecule has 102 valence electrons. The minimum Gasteiger partial charge on any atom is -0.457 e. The highest BCUT2D eigenvalue weighted by Gasteiger charge is 2.05. The Hall–Kier alpha value is -2.67. The fraction of sp³-hybridized carbons (Fsp3) is 0. The lowest BCUT2D eigenvalue weighted by Crippen LogP contribution is -2.18. The van der Waals surface area contributed by atoms with Gasteiger partial charge in [-0.3, -0.25) is 9.78 Å². The van der Waals surface area contributed by atoms with Crippen LogP contribution in [0.15, 0.2) is 42.6 Å². The van der Waals surface area contributed by atoms with Crippen molar-refractivity contribution >= 4 is 28.9 Å². The number of nitrogens with two attached hydrogens (primary N) is 2. The Morgan fingerprint density at radius 1 is 1.20 bits per heavy atom. The molecule has 20 heavy (non-hydrogen) atoms. The molecule has 7 heteroatoms. The van der Waals surface area contributed by atoms with Gasteiger partial charge < -0.3 is 21.5 Å². The third kappa shape index (κ3) is 3.66. The van der Waals surface area contributed by atoms with Crippen molar-refractivity contribution in [3.05, 3.63) is 48.3 Å². The number of thiocarbonyl (C=S) groups is 1. The quantitative estimate of drug-likeness (QED) is 0.739. The van der Waals surface area contributed by atoms with Gasteiger partial charge in [-0.05, 0) is 30.4 Å². The molecular weight excluding hydrogens is 276 g/mol. The molecule has 1 aromatic heterocycles. The van der Waals surface area contributed by atoms with Gasteiger partial charge in [0.2, 0.25) is 0 Å². The smallest absolute Gasteiger partial charge is 0.267 e. The molecule has 1 aromatic carbocycles. The zero-order valence-electron chi connectivity index (χ0n) is 10.4. The summed E-state index contributed by atoms with van der Waals surface area (Å²) >= 11 is 4.76. The second-order valence-corrected chi connectivity index (χ2v) is 4.30. The molecule has 0 spiro atoms. The van der Waals surface area contributed by atoms with Crippen molar-refractivity contribution in [1.29, 1.82) is 0 Å². The second-order valence-electron chi connectivity index (χ2n) is 3.86. The minimum atomic E-state index is -0.612. The third-order valence-corrected chi connectivity index (χ3v) is 2.42. The summed E-state index contributed by atoms with van der Waals surface area (Å²) in [6.45, 7) is 0. The first-order chi connectivity index (χ1) is 9.54. The Labute approximate surface area is 120 Å². The Bertz CT molecular complexity index is 660. The van der Waals surface area contributed by atoms with Crippen LogP contribution in [0.25, 0.3) is 0 Å². The van der Waals surface area contributed by atoms with E-state index < -0.39 is 5.91 Å². The van der Waals surface area contributed by atoms with E-state index in [4.69, 9.17) is 28.4 Å². The minimum absolute atomic E-state index is 0.139. The summed E-state index contributed by atoms with van der Waals surface area (Å²) in [4.78, 5) is 14.9. The standard InChI is InChI=1S/C13H12N4O2S/c14-12(18)11-7-10(4-5-16-11)19-9-3-1-2-8(6-9)17-13(15)20/h1-7H,(H2,14,18)(H3,15,17,20). The molecule has 0 saturated carbocycles. The largest absolute Gasteiger partial charge is 0.457 e. The normalized spacial score (nSPS) is 9.80. The number of ether oxygens (including phenoxy) is 1. The summed E-state index contributed by atoms with van der Waals surface area (Å²) in [6.07, 6.45) is 1.45. The second kappa shape index (κ2) is 5.98. The van der Waals surface area contributed by atoms with E-state index in [1.54, 1.807) is 30.3 Å². The number of amides is 1. The van der Waals surface area contributed by atoms with Crippen LogP contribution in [0.3, 0.4) is 0 Å². The average Bonchev–Trinajstić information content (AvgIpc) is 2.38. The van der Waals surface area contributed by atoms with Crippen molar-refractivity contribution in [2.24, 2.45) is 11.5 Å². The molecule has 0 unspecified atom stereocenters. The van der Waals surface area contributed by atoms with Crippen LogP contribution in [0.2, 0.25) is 0 Å². The number of hydrogen-bond donors (Lipinski definition) is 3. The number of primary amides is 1. The Morgan fingerprint density at radius 3 is 2.65 bits per heavy atom. The van der Waals surface area contributed by atoms with Crippen molar-refractivity contribution in [3.63, 3.8) is 0 Å². The van der Waals surface area contributed by atoms with Crippen LogP contribution in [-0.2, 0) is 0 Å². The van der Waals surface area contributed by atoms with Crippen molar-refractivity contribution < 1.29 is 9.53 Å². The van der Waals surface area contributed by atoms with E-state index in [-0.39, 0.29) is 10.8 Å². The number of benzene rings is 1. The molecule has 6 nitrogen and oxygen atoms in total. The van der Waals surface area contributed by atoms with Crippen LogP contribution in [0, 0.1) is 0 Å². The van der Waals surface area contributed by atoms with Gasteiger partial charge >= 0.3 is 0 Å². The molecule has 1 heterocycles. The molecule has 0 fully saturated rings. The first-order valence-electron chi connectivity index (χ1n) is 5.65. The van der Waals surface area contributed by atoms with E-state index in [1.807, 2.05) is 0 Å². The summed E-state index contributed by atoms with van der Waals surface area (Å²) in [7, 11) is 0. The number of pyridine rings is 1. The highest BCUT2D eigenvalue weighted by atomic mass is 32.1. The Kier molecular flexibility index (Phi) is 4.11. The summed E-state index contributed by atoms with van der Waals surface area (Å²) in [6, 6.07) is 10.2. The van der Waals surface area contributed by atoms with E-state index in [9.17, 15) is 4.79 Å². The van der Waals surface area contributed by atoms with Crippen LogP contribution < -0.4 is 21.5 Å². The lowest BCUT2D eigenvalue weighted by atomic mass is 10.3. The predicted octanol–water partition coefficient (Wildman–Crippen LogP) is 1.63. The summed E-state index contributed by atoms with van der Waals surface area (Å²) in [5.41, 5.74) is 11.4. The Morgan fingerprint density at radius 2 is 1.95 bits per heavy atom. The number of carbonyl (C=O) groups is 1. The molecule has 0 radical (unpaired) electrons. The molecule has 0 bridgehead atoms. The number of aromatic nitrogens is 1. The van der Waals surface area contributed by atoms with E-state index >= 15 is 0 Å². The van der Waals surface area contributed by atoms with Gasteiger partial charge in [0.05, 0.1) is 0 Å². The van der Waals surface area contributed by atoms with Crippen LogP contribution in [-0.4, -0.2) is 16.0 Å². The topological polar surface area (TPSA) is 103 Å². The maximum absolute atomic E-state index is 11.0. The van der Waals surface area contributed by atoms with Crippen molar-refractivity contribution in [2.45, 2.75) is 0 Å². The van der Waals surface area contributed by atoms with Gasteiger partial charge in [-0.2, -0.15) is 0 Å². The highest BCUT2D eigenvalue weighted by Crippen LogP contribution is 2.24. The van der Waals surface area contributed by atoms with Crippen LogP contribution in [0.1, 0.15) is 10.5 Å². The average molecular weight is 288 g/mol. The number of nitrogens with zero attached hydrogens (tertiary/aromatic N) is 1. The molecule has 2 aromatic rings. The number of nitrogens with one attached hydrogen (secondary N) is 1. The molecular formula is C13H12N4O2S. The van der Waals surface area contributed by atoms with Gasteiger partial charge in [-0.15, -0.1) is 0 Å². The van der Waals surface area contributed by atoms with Crippen molar-refractivity contribution in [2.75, 3.05) is 5.32 Å². The Balaban J connectivity index is 2.19. The molecule has 5 N–H and O–H groups in total. The SMILES string of the molecule is NC(=O)c1cc(Oc2cccc(NC(N)=S)c2)ccn1. The van der Waals surface area contributed by atoms with Crippen molar-refractivity contribution in [1.82, 2.24) is 4.98 Å². The summed E-state index contributed by atoms with van der Waals surface area (Å²) in [5.74, 6) is 0.411. The van der Waals surface area contributed by atoms with Gasteiger partial charge in [-0.1, -0.05) is 6.07 Å². The maximum atomic E-state index is 11.0. The van der Waals surface area contributed by atoms with E-state index in [1.165, 1.54) is 12.3 Å². The van der Waals surface area contributed by atoms with E-state index in [0.29, 0.717) is 17.2 Å². The number of carbonyl (C=O) groups excluding carboxylic acids is 1. The molecule has 0 saturated heterocycles. The van der Waals surface area contributed by atoms with Gasteiger partial charge in [-0.25, -0.2) is 0 Å². The first-order valence-corrected chi connectivity index (χ1v) is 6.05. The van der Waals surface area contributed by atoms with Crippen molar-refractivity contribution in [3.8, 4) is 11.5 Å². The number of rotatable bonds is 4. The zero-order valence-corrected chi connectivity index (χ0v) is 11.2. The van der Waals surface area contributed by atoms with Crippen LogP contribution >= 0.6 is 12.2 Å². The number of hydrogen-bond acceptors (Lipinski definition) is 4. The van der Waals surface area contributed by atoms with Gasteiger partial charge in [0.15, 0.2) is 5.11 Å². The molecule has 0 aliphatic carbocycles. The maximum Gasteiger partial charge on any atom is 0.267 e. The molecule has 1 amide bonds. The fourth-order valence-corrected chi connectivity index (χ4v) is 1.64. The van der Waals surface area contributed by atoms with E-state index in [0.717, 1.165) is 0 Å². The third-order valence-electron chi connectivity index (χ3n) is 2.32. The van der Waals surface area contributed by atoms with Gasteiger partial charge in [0.1, 0.15) is 17.2 Å². The van der Waals surface area contributed by atoms with Crippen LogP contribution in [0.4, 0.5) is 5.69 Å². The molecule has 0 atom stereocenters. The van der Waals surface area contributed by atoms with Gasteiger partial charge in [0, 0.05) is 24.0 Å². The fourth-order valence-electron chi connectivity index (χ4n) is 1.53. The molecule has 2 rings (SSSR count). The highest BCUT2D eigenvalue weighted by molar-refractivity contribution is 7.80. The lowest BCUT2D eigenvalue weighted by Gasteiger charge is -2.09. The van der Waals surface area contributed by atoms with Gasteiger partial charge in [0.25, 0.3) is 5.91 Å². The molecule has 0 aliphatic rings. The predicted molar refractivity (Wildman–Crippen MR) is 79.7 cm³/mol. The number of anilines is 1. The van der Waals surface area contributed by atoms with E-state index in [2.05, 4.69) is 10.3 Å². The summed E-state index contributed by atoms with van der Waals surface area (Å²) < 4.78 is 5.62. The zero-order chi connectivity index (χ0) is 14.5. The summed E-state index contributed by atoms with van der Waals surface area (Å²) in [5, 5.41) is 2.97.